The summed E-state index contributed by atoms with van der Waals surface area (Å²) in [5.74, 6) is -7.64. The molecule has 9 heteroatoms. The molecule has 0 saturated heterocycles. The van der Waals surface area contributed by atoms with Crippen molar-refractivity contribution in [1.82, 2.24) is 0 Å². The third kappa shape index (κ3) is 6.18. The van der Waals surface area contributed by atoms with Crippen molar-refractivity contribution in [2.24, 2.45) is 5.92 Å². The van der Waals surface area contributed by atoms with E-state index in [1.165, 1.54) is 39.0 Å². The summed E-state index contributed by atoms with van der Waals surface area (Å²) in [5, 5.41) is 1.23. The second kappa shape index (κ2) is 13.1. The molecule has 0 radical (unpaired) electrons. The van der Waals surface area contributed by atoms with Crippen LogP contribution in [0.25, 0.3) is 33.1 Å². The van der Waals surface area contributed by atoms with Gasteiger partial charge >= 0.3 is 0 Å². The summed E-state index contributed by atoms with van der Waals surface area (Å²) in [4.78, 5) is 0. The lowest BCUT2D eigenvalue weighted by atomic mass is 10.0. The van der Waals surface area contributed by atoms with Gasteiger partial charge in [0.1, 0.15) is 11.6 Å². The highest BCUT2D eigenvalue weighted by Gasteiger charge is 2.48. The normalized spacial score (nSPS) is 14.8. The molecular weight excluding hydrogens is 636 g/mol. The summed E-state index contributed by atoms with van der Waals surface area (Å²) in [6.45, 7) is 9.37. The van der Waals surface area contributed by atoms with Gasteiger partial charge in [-0.3, -0.25) is 0 Å². The minimum absolute atomic E-state index is 0.0759. The first-order chi connectivity index (χ1) is 22.5. The van der Waals surface area contributed by atoms with Gasteiger partial charge < -0.3 is 4.42 Å². The van der Waals surface area contributed by atoms with Crippen LogP contribution in [0.1, 0.15) is 45.9 Å². The fourth-order valence-corrected chi connectivity index (χ4v) is 5.62. The number of aryl methyl sites for hydroxylation is 5. The maximum absolute atomic E-state index is 13.9. The number of furan rings is 1. The average Bonchev–Trinajstić information content (AvgIpc) is 3.54. The Morgan fingerprint density at radius 3 is 1.60 bits per heavy atom. The van der Waals surface area contributed by atoms with E-state index >= 15 is 0 Å². The number of halogens is 8. The average molecular weight is 669 g/mol. The third-order valence-corrected chi connectivity index (χ3v) is 8.73. The van der Waals surface area contributed by atoms with E-state index < -0.39 is 46.7 Å². The van der Waals surface area contributed by atoms with E-state index in [1.54, 1.807) is 69.3 Å². The zero-order valence-corrected chi connectivity index (χ0v) is 27.1. The van der Waals surface area contributed by atoms with Crippen LogP contribution >= 0.6 is 0 Å². The maximum Gasteiger partial charge on any atom is 0.279 e. The first-order valence-electron chi connectivity index (χ1n) is 15.2. The van der Waals surface area contributed by atoms with Crippen molar-refractivity contribution in [3.63, 3.8) is 0 Å². The zero-order chi connectivity index (χ0) is 35.2. The van der Waals surface area contributed by atoms with Gasteiger partial charge in [0.05, 0.1) is 5.56 Å². The molecule has 0 N–H and O–H groups in total. The second-order valence-electron chi connectivity index (χ2n) is 12.2. The number of rotatable bonds is 1. The first-order valence-corrected chi connectivity index (χ1v) is 15.2. The predicted molar refractivity (Wildman–Crippen MR) is 172 cm³/mol. The summed E-state index contributed by atoms with van der Waals surface area (Å²) in [6.07, 6.45) is 0.263. The molecule has 1 atom stereocenters. The Hall–Kier alpha value is -4.66. The van der Waals surface area contributed by atoms with Crippen LogP contribution in [0.4, 0.5) is 35.1 Å². The summed E-state index contributed by atoms with van der Waals surface area (Å²) in [5.41, 5.74) is 2.72. The van der Waals surface area contributed by atoms with E-state index in [0.717, 1.165) is 0 Å². The molecule has 1 heterocycles. The molecule has 0 fully saturated rings. The molecule has 48 heavy (non-hydrogen) atoms. The van der Waals surface area contributed by atoms with Crippen molar-refractivity contribution in [2.75, 3.05) is 0 Å². The number of alkyl halides is 2. The summed E-state index contributed by atoms with van der Waals surface area (Å²) < 4.78 is 114. The van der Waals surface area contributed by atoms with Crippen LogP contribution in [-0.2, 0) is 12.3 Å². The molecule has 0 saturated carbocycles. The molecule has 250 valence electrons. The van der Waals surface area contributed by atoms with Crippen molar-refractivity contribution in [2.45, 2.75) is 53.9 Å². The molecule has 5 aromatic carbocycles. The van der Waals surface area contributed by atoms with E-state index in [4.69, 9.17) is 4.42 Å². The lowest BCUT2D eigenvalue weighted by Crippen LogP contribution is -2.19. The summed E-state index contributed by atoms with van der Waals surface area (Å²) in [6, 6.07) is 17.3. The molecule has 0 amide bonds. The highest BCUT2D eigenvalue weighted by atomic mass is 19.3. The molecular formula is C39H32F8O. The third-order valence-electron chi connectivity index (χ3n) is 8.73. The van der Waals surface area contributed by atoms with Crippen LogP contribution in [0.2, 0.25) is 0 Å². The minimum Gasteiger partial charge on any atom is -0.450 e. The molecule has 1 aliphatic carbocycles. The van der Waals surface area contributed by atoms with Gasteiger partial charge in [0.2, 0.25) is 0 Å². The Labute approximate surface area is 272 Å². The molecule has 1 aliphatic rings. The molecule has 1 nitrogen and oxygen atoms in total. The van der Waals surface area contributed by atoms with Crippen molar-refractivity contribution >= 4 is 21.9 Å². The summed E-state index contributed by atoms with van der Waals surface area (Å²) in [7, 11) is 0. The quantitative estimate of drug-likeness (QED) is 0.159. The highest BCUT2D eigenvalue weighted by Crippen LogP contribution is 2.47. The standard InChI is InChI=1S/C14H11F3.C14H10F2O.C11H11F3/c1-8-3-5-10(7-12(8)15)11-6-4-9(2)13(16)14(11)17;1-7-3-5-9-10-6-4-8(2)12(16)14(10)17-13(9)11(7)15;1-6-3-4-8-5-7(2)11(13,14)9(8)10(6)12/h3-7H,1-2H3;3-6H,1-2H3;3-4,7H,5H2,1-2H3. The number of fused-ring (bicyclic) bond motifs is 4. The minimum atomic E-state index is -3.01. The van der Waals surface area contributed by atoms with Crippen molar-refractivity contribution < 1.29 is 39.5 Å². The van der Waals surface area contributed by atoms with Gasteiger partial charge in [-0.1, -0.05) is 67.6 Å². The second-order valence-corrected chi connectivity index (χ2v) is 12.2. The first kappa shape index (κ1) is 34.7. The number of hydrogen-bond acceptors (Lipinski definition) is 1. The Bertz CT molecular complexity index is 2120. The van der Waals surface area contributed by atoms with Crippen molar-refractivity contribution in [1.29, 1.82) is 0 Å². The lowest BCUT2D eigenvalue weighted by Gasteiger charge is -2.16. The van der Waals surface area contributed by atoms with Gasteiger partial charge in [-0.05, 0) is 86.1 Å². The largest absolute Gasteiger partial charge is 0.450 e. The van der Waals surface area contributed by atoms with Crippen LogP contribution < -0.4 is 0 Å². The number of hydrogen-bond donors (Lipinski definition) is 0. The van der Waals surface area contributed by atoms with Crippen LogP contribution in [0.3, 0.4) is 0 Å². The van der Waals surface area contributed by atoms with Crippen LogP contribution in [0.15, 0.2) is 71.1 Å². The predicted octanol–water partition coefficient (Wildman–Crippen LogP) is 12.3. The molecule has 0 aliphatic heterocycles. The molecule has 7 rings (SSSR count). The van der Waals surface area contributed by atoms with E-state index in [2.05, 4.69) is 0 Å². The van der Waals surface area contributed by atoms with Crippen LogP contribution in [0.5, 0.6) is 0 Å². The summed E-state index contributed by atoms with van der Waals surface area (Å²) >= 11 is 0. The van der Waals surface area contributed by atoms with Crippen molar-refractivity contribution in [3.8, 4) is 11.1 Å². The molecule has 1 unspecified atom stereocenters. The van der Waals surface area contributed by atoms with Gasteiger partial charge in [0.15, 0.2) is 34.4 Å². The van der Waals surface area contributed by atoms with Crippen LogP contribution in [-0.4, -0.2) is 0 Å². The van der Waals surface area contributed by atoms with Gasteiger partial charge in [0.25, 0.3) is 5.92 Å². The smallest absolute Gasteiger partial charge is 0.279 e. The van der Waals surface area contributed by atoms with Crippen LogP contribution in [0, 0.1) is 75.4 Å². The molecule has 1 aromatic heterocycles. The van der Waals surface area contributed by atoms with Gasteiger partial charge in [0, 0.05) is 22.3 Å². The fourth-order valence-electron chi connectivity index (χ4n) is 5.62. The zero-order valence-electron chi connectivity index (χ0n) is 27.1. The van der Waals surface area contributed by atoms with E-state index in [9.17, 15) is 35.1 Å². The highest BCUT2D eigenvalue weighted by molar-refractivity contribution is 6.05. The Balaban J connectivity index is 0.000000142. The molecule has 0 bridgehead atoms. The Morgan fingerprint density at radius 2 is 1.04 bits per heavy atom. The van der Waals surface area contributed by atoms with E-state index in [0.29, 0.717) is 38.6 Å². The lowest BCUT2D eigenvalue weighted by molar-refractivity contribution is -0.0478. The Kier molecular flexibility index (Phi) is 9.46. The topological polar surface area (TPSA) is 13.1 Å². The number of benzene rings is 5. The van der Waals surface area contributed by atoms with E-state index in [1.807, 2.05) is 0 Å². The van der Waals surface area contributed by atoms with Gasteiger partial charge in [-0.2, -0.15) is 0 Å². The molecule has 0 spiro atoms. The Morgan fingerprint density at radius 1 is 0.562 bits per heavy atom. The SMILES string of the molecule is Cc1ccc(-c2ccc(C)c(F)c2F)cc1F.Cc1ccc2c(c1F)C(F)(F)C(C)C2.Cc1ccc2c(oc3c(F)c(C)ccc32)c1F. The monoisotopic (exact) mass is 668 g/mol. The maximum atomic E-state index is 13.9. The van der Waals surface area contributed by atoms with E-state index in [-0.39, 0.29) is 39.8 Å². The van der Waals surface area contributed by atoms with Crippen molar-refractivity contribution in [3.05, 3.63) is 141 Å². The van der Waals surface area contributed by atoms with Gasteiger partial charge in [-0.25, -0.2) is 35.1 Å². The van der Waals surface area contributed by atoms with Gasteiger partial charge in [-0.15, -0.1) is 0 Å². The fraction of sp³-hybridized carbons (Fsp3) is 0.231. The molecule has 6 aromatic rings.